The molecule has 3 nitrogen and oxygen atoms in total. The maximum Gasteiger partial charge on any atom is 0.389 e. The van der Waals surface area contributed by atoms with Crippen LogP contribution in [0.4, 0.5) is 19.0 Å². The molecule has 102 valence electrons. The minimum Gasteiger partial charge on any atom is -0.370 e. The van der Waals surface area contributed by atoms with Gasteiger partial charge in [0, 0.05) is 18.5 Å². The smallest absolute Gasteiger partial charge is 0.370 e. The lowest BCUT2D eigenvalue weighted by Gasteiger charge is -2.11. The van der Waals surface area contributed by atoms with Crippen molar-refractivity contribution >= 4 is 17.4 Å². The zero-order chi connectivity index (χ0) is 13.6. The van der Waals surface area contributed by atoms with Crippen LogP contribution in [-0.4, -0.2) is 22.7 Å². The van der Waals surface area contributed by atoms with E-state index in [1.54, 1.807) is 0 Å². The molecule has 0 radical (unpaired) electrons. The number of hydrogen-bond donors (Lipinski definition) is 1. The summed E-state index contributed by atoms with van der Waals surface area (Å²) in [5.41, 5.74) is 0.758. The Morgan fingerprint density at radius 1 is 1.33 bits per heavy atom. The van der Waals surface area contributed by atoms with Gasteiger partial charge in [-0.3, -0.25) is 0 Å². The van der Waals surface area contributed by atoms with Gasteiger partial charge in [0.2, 0.25) is 0 Å². The fraction of sp³-hybridized carbons (Fsp3) is 0.636. The largest absolute Gasteiger partial charge is 0.389 e. The molecule has 0 aliphatic carbocycles. The maximum atomic E-state index is 12.0. The maximum absolute atomic E-state index is 12.0. The van der Waals surface area contributed by atoms with E-state index in [4.69, 9.17) is 11.6 Å². The lowest BCUT2D eigenvalue weighted by Crippen LogP contribution is -2.12. The minimum absolute atomic E-state index is 0.0106. The van der Waals surface area contributed by atoms with Crippen molar-refractivity contribution in [1.29, 1.82) is 0 Å². The van der Waals surface area contributed by atoms with Gasteiger partial charge in [0.25, 0.3) is 0 Å². The van der Waals surface area contributed by atoms with E-state index in [-0.39, 0.29) is 13.0 Å². The highest BCUT2D eigenvalue weighted by molar-refractivity contribution is 6.30. The molecule has 1 aromatic heterocycles. The molecule has 7 heteroatoms. The normalized spacial score (nSPS) is 11.6. The van der Waals surface area contributed by atoms with Crippen molar-refractivity contribution in [3.8, 4) is 0 Å². The number of nitrogens with zero attached hydrogens (tertiary/aromatic N) is 2. The van der Waals surface area contributed by atoms with Crippen LogP contribution in [0.25, 0.3) is 0 Å². The molecule has 0 saturated carbocycles. The van der Waals surface area contributed by atoms with Crippen LogP contribution in [0, 0.1) is 0 Å². The molecule has 1 aromatic rings. The molecule has 0 unspecified atom stereocenters. The predicted molar refractivity (Wildman–Crippen MR) is 64.8 cm³/mol. The molecule has 0 saturated heterocycles. The summed E-state index contributed by atoms with van der Waals surface area (Å²) in [6.07, 6.45) is -2.05. The van der Waals surface area contributed by atoms with Crippen LogP contribution in [0.2, 0.25) is 5.15 Å². The van der Waals surface area contributed by atoms with Gasteiger partial charge < -0.3 is 5.32 Å². The van der Waals surface area contributed by atoms with Crippen LogP contribution in [-0.2, 0) is 6.42 Å². The van der Waals surface area contributed by atoms with E-state index in [0.717, 1.165) is 12.0 Å². The highest BCUT2D eigenvalue weighted by Gasteiger charge is 2.25. The first kappa shape index (κ1) is 15.0. The molecule has 0 fully saturated rings. The molecular weight excluding hydrogens is 267 g/mol. The summed E-state index contributed by atoms with van der Waals surface area (Å²) in [5.74, 6) is 0.527. The van der Waals surface area contributed by atoms with Gasteiger partial charge in [0.1, 0.15) is 17.3 Å². The molecule has 1 rings (SSSR count). The first-order valence-electron chi connectivity index (χ1n) is 5.74. The number of alkyl halides is 3. The molecule has 0 atom stereocenters. The second kappa shape index (κ2) is 6.78. The Morgan fingerprint density at radius 2 is 2.06 bits per heavy atom. The van der Waals surface area contributed by atoms with Crippen LogP contribution < -0.4 is 5.32 Å². The van der Waals surface area contributed by atoms with E-state index in [0.29, 0.717) is 17.4 Å². The van der Waals surface area contributed by atoms with E-state index >= 15 is 0 Å². The van der Waals surface area contributed by atoms with Crippen molar-refractivity contribution in [3.05, 3.63) is 17.0 Å². The summed E-state index contributed by atoms with van der Waals surface area (Å²) in [4.78, 5) is 7.86. The summed E-state index contributed by atoms with van der Waals surface area (Å²) in [7, 11) is 0. The number of aromatic nitrogens is 2. The Hall–Kier alpha value is -1.04. The lowest BCUT2D eigenvalue weighted by molar-refractivity contribution is -0.134. The molecule has 1 N–H and O–H groups in total. The van der Waals surface area contributed by atoms with Gasteiger partial charge in [-0.15, -0.1) is 0 Å². The second-order valence-electron chi connectivity index (χ2n) is 3.89. The summed E-state index contributed by atoms with van der Waals surface area (Å²) in [5, 5.41) is 3.23. The predicted octanol–water partition coefficient (Wildman–Crippen LogP) is 3.84. The molecule has 0 amide bonds. The molecular formula is C11H15ClF3N3. The molecule has 0 aliphatic rings. The monoisotopic (exact) mass is 281 g/mol. The van der Waals surface area contributed by atoms with E-state index < -0.39 is 12.6 Å². The molecule has 0 bridgehead atoms. The number of hydrogen-bond acceptors (Lipinski definition) is 3. The number of nitrogens with one attached hydrogen (secondary N) is 1. The zero-order valence-corrected chi connectivity index (χ0v) is 10.8. The number of rotatable bonds is 6. The summed E-state index contributed by atoms with van der Waals surface area (Å²) in [6.45, 7) is 2.19. The number of halogens is 4. The Morgan fingerprint density at radius 3 is 2.67 bits per heavy atom. The van der Waals surface area contributed by atoms with Gasteiger partial charge in [-0.2, -0.15) is 13.2 Å². The average Bonchev–Trinajstić information content (AvgIpc) is 2.27. The van der Waals surface area contributed by atoms with Crippen LogP contribution in [0.15, 0.2) is 6.33 Å². The van der Waals surface area contributed by atoms with Gasteiger partial charge in [-0.1, -0.05) is 24.9 Å². The van der Waals surface area contributed by atoms with Crippen LogP contribution >= 0.6 is 11.6 Å². The van der Waals surface area contributed by atoms with Crippen molar-refractivity contribution in [2.45, 2.75) is 38.8 Å². The van der Waals surface area contributed by atoms with E-state index in [1.807, 2.05) is 6.92 Å². The van der Waals surface area contributed by atoms with Gasteiger partial charge in [0.15, 0.2) is 0 Å². The highest BCUT2D eigenvalue weighted by atomic mass is 35.5. The third-order valence-corrected chi connectivity index (χ3v) is 2.65. The zero-order valence-electron chi connectivity index (χ0n) is 10.0. The quantitative estimate of drug-likeness (QED) is 0.636. The summed E-state index contributed by atoms with van der Waals surface area (Å²) >= 11 is 5.92. The van der Waals surface area contributed by atoms with E-state index in [2.05, 4.69) is 15.3 Å². The summed E-state index contributed by atoms with van der Waals surface area (Å²) in [6, 6.07) is 0. The van der Waals surface area contributed by atoms with Crippen LogP contribution in [0.3, 0.4) is 0 Å². The Bertz CT molecular complexity index is 382. The Labute approximate surface area is 109 Å². The Balaban J connectivity index is 2.54. The highest BCUT2D eigenvalue weighted by Crippen LogP contribution is 2.23. The van der Waals surface area contributed by atoms with Crippen molar-refractivity contribution in [3.63, 3.8) is 0 Å². The van der Waals surface area contributed by atoms with Crippen molar-refractivity contribution in [1.82, 2.24) is 9.97 Å². The minimum atomic E-state index is -4.11. The SMILES string of the molecule is CCCc1c(Cl)ncnc1NCCCC(F)(F)F. The first-order chi connectivity index (χ1) is 8.44. The topological polar surface area (TPSA) is 37.8 Å². The van der Waals surface area contributed by atoms with Crippen molar-refractivity contribution < 1.29 is 13.2 Å². The van der Waals surface area contributed by atoms with Gasteiger partial charge >= 0.3 is 6.18 Å². The fourth-order valence-electron chi connectivity index (χ4n) is 1.51. The van der Waals surface area contributed by atoms with E-state index in [1.165, 1.54) is 6.33 Å². The molecule has 0 aliphatic heterocycles. The summed E-state index contributed by atoms with van der Waals surface area (Å²) < 4.78 is 35.9. The third kappa shape index (κ3) is 5.08. The lowest BCUT2D eigenvalue weighted by atomic mass is 10.2. The molecule has 1 heterocycles. The number of anilines is 1. The van der Waals surface area contributed by atoms with Crippen molar-refractivity contribution in [2.24, 2.45) is 0 Å². The molecule has 0 aromatic carbocycles. The molecule has 18 heavy (non-hydrogen) atoms. The average molecular weight is 282 g/mol. The van der Waals surface area contributed by atoms with Crippen molar-refractivity contribution in [2.75, 3.05) is 11.9 Å². The standard InChI is InChI=1S/C11H15ClF3N3/c1-2-4-8-9(12)17-7-18-10(8)16-6-3-5-11(13,14)15/h7H,2-6H2,1H3,(H,16,17,18). The van der Waals surface area contributed by atoms with E-state index in [9.17, 15) is 13.2 Å². The van der Waals surface area contributed by atoms with Crippen LogP contribution in [0.5, 0.6) is 0 Å². The second-order valence-corrected chi connectivity index (χ2v) is 4.25. The Kier molecular flexibility index (Phi) is 5.65. The molecule has 0 spiro atoms. The van der Waals surface area contributed by atoms with Gasteiger partial charge in [-0.25, -0.2) is 9.97 Å². The van der Waals surface area contributed by atoms with Gasteiger partial charge in [-0.05, 0) is 12.8 Å². The van der Waals surface area contributed by atoms with Crippen LogP contribution in [0.1, 0.15) is 31.7 Å². The fourth-order valence-corrected chi connectivity index (χ4v) is 1.74. The third-order valence-electron chi connectivity index (χ3n) is 2.32. The first-order valence-corrected chi connectivity index (χ1v) is 6.12. The van der Waals surface area contributed by atoms with Gasteiger partial charge in [0.05, 0.1) is 0 Å².